The van der Waals surface area contributed by atoms with E-state index in [0.29, 0.717) is 23.8 Å². The number of sulfonamides is 1. The molecular weight excluding hydrogens is 374 g/mol. The second-order valence-corrected chi connectivity index (χ2v) is 8.81. The summed E-state index contributed by atoms with van der Waals surface area (Å²) in [4.78, 5) is 14.9. The maximum Gasteiger partial charge on any atom is 0.261 e. The summed E-state index contributed by atoms with van der Waals surface area (Å²) < 4.78 is 27.2. The molecule has 1 fully saturated rings. The van der Waals surface area contributed by atoms with E-state index in [2.05, 4.69) is 21.9 Å². The molecule has 3 rings (SSSR count). The van der Waals surface area contributed by atoms with Crippen molar-refractivity contribution in [1.82, 2.24) is 10.2 Å². The number of amides is 1. The van der Waals surface area contributed by atoms with Gasteiger partial charge < -0.3 is 5.32 Å². The normalized spacial score (nSPS) is 17.8. The van der Waals surface area contributed by atoms with Crippen LogP contribution >= 0.6 is 0 Å². The van der Waals surface area contributed by atoms with Crippen molar-refractivity contribution in [2.45, 2.75) is 37.1 Å². The second kappa shape index (κ2) is 9.21. The number of carbonyl (C=O) groups is 1. The number of benzene rings is 2. The topological polar surface area (TPSA) is 78.5 Å². The SMILES string of the molecule is CC1CCCCN1CCNC(=O)c1ccc(NS(=O)(=O)c2ccccc2)cc1. The fraction of sp³-hybridized carbons (Fsp3) is 0.381. The summed E-state index contributed by atoms with van der Waals surface area (Å²) >= 11 is 0. The first-order valence-electron chi connectivity index (χ1n) is 9.66. The molecule has 2 N–H and O–H groups in total. The Bertz CT molecular complexity index is 883. The molecule has 1 heterocycles. The molecule has 1 unspecified atom stereocenters. The van der Waals surface area contributed by atoms with Crippen molar-refractivity contribution in [2.75, 3.05) is 24.4 Å². The molecule has 0 aromatic heterocycles. The molecule has 1 saturated heterocycles. The minimum atomic E-state index is -3.63. The second-order valence-electron chi connectivity index (χ2n) is 7.13. The average molecular weight is 402 g/mol. The van der Waals surface area contributed by atoms with Gasteiger partial charge in [-0.2, -0.15) is 0 Å². The average Bonchev–Trinajstić information content (AvgIpc) is 2.70. The summed E-state index contributed by atoms with van der Waals surface area (Å²) in [6.45, 7) is 4.77. The highest BCUT2D eigenvalue weighted by Crippen LogP contribution is 2.17. The summed E-state index contributed by atoms with van der Waals surface area (Å²) in [5.74, 6) is -0.151. The molecule has 0 bridgehead atoms. The summed E-state index contributed by atoms with van der Waals surface area (Å²) in [6, 6.07) is 15.2. The molecule has 150 valence electrons. The van der Waals surface area contributed by atoms with Gasteiger partial charge in [0.25, 0.3) is 15.9 Å². The first kappa shape index (κ1) is 20.4. The number of nitrogens with zero attached hydrogens (tertiary/aromatic N) is 1. The maximum absolute atomic E-state index is 12.3. The molecule has 7 heteroatoms. The Labute approximate surface area is 167 Å². The highest BCUT2D eigenvalue weighted by Gasteiger charge is 2.18. The molecule has 28 heavy (non-hydrogen) atoms. The Morgan fingerprint density at radius 1 is 1.07 bits per heavy atom. The van der Waals surface area contributed by atoms with Crippen molar-refractivity contribution < 1.29 is 13.2 Å². The van der Waals surface area contributed by atoms with Gasteiger partial charge in [0.15, 0.2) is 0 Å². The summed E-state index contributed by atoms with van der Waals surface area (Å²) in [5.41, 5.74) is 0.928. The first-order chi connectivity index (χ1) is 13.5. The molecule has 2 aromatic rings. The number of piperidine rings is 1. The zero-order chi connectivity index (χ0) is 20.0. The molecule has 6 nitrogen and oxygen atoms in total. The van der Waals surface area contributed by atoms with Gasteiger partial charge in [-0.3, -0.25) is 14.4 Å². The van der Waals surface area contributed by atoms with Gasteiger partial charge >= 0.3 is 0 Å². The molecule has 2 aromatic carbocycles. The van der Waals surface area contributed by atoms with Gasteiger partial charge in [-0.05, 0) is 62.7 Å². The van der Waals surface area contributed by atoms with Crippen LogP contribution in [0.2, 0.25) is 0 Å². The van der Waals surface area contributed by atoms with Crippen LogP contribution in [0.15, 0.2) is 59.5 Å². The molecule has 0 aliphatic carbocycles. The van der Waals surface area contributed by atoms with Crippen LogP contribution < -0.4 is 10.0 Å². The van der Waals surface area contributed by atoms with Crippen LogP contribution in [0.4, 0.5) is 5.69 Å². The predicted molar refractivity (Wildman–Crippen MR) is 111 cm³/mol. The summed E-state index contributed by atoms with van der Waals surface area (Å²) in [5, 5.41) is 2.94. The number of carbonyl (C=O) groups excluding carboxylic acids is 1. The lowest BCUT2D eigenvalue weighted by Gasteiger charge is -2.33. The van der Waals surface area contributed by atoms with Crippen molar-refractivity contribution in [3.63, 3.8) is 0 Å². The highest BCUT2D eigenvalue weighted by molar-refractivity contribution is 7.92. The quantitative estimate of drug-likeness (QED) is 0.747. The zero-order valence-corrected chi connectivity index (χ0v) is 16.9. The van der Waals surface area contributed by atoms with Crippen molar-refractivity contribution in [3.8, 4) is 0 Å². The molecule has 0 spiro atoms. The van der Waals surface area contributed by atoms with E-state index in [1.165, 1.54) is 31.4 Å². The van der Waals surface area contributed by atoms with Crippen molar-refractivity contribution in [3.05, 3.63) is 60.2 Å². The predicted octanol–water partition coefficient (Wildman–Crippen LogP) is 3.09. The van der Waals surface area contributed by atoms with Crippen LogP contribution in [0.3, 0.4) is 0 Å². The molecule has 1 aliphatic rings. The highest BCUT2D eigenvalue weighted by atomic mass is 32.2. The number of nitrogens with one attached hydrogen (secondary N) is 2. The van der Waals surface area contributed by atoms with Gasteiger partial charge in [0, 0.05) is 30.4 Å². The van der Waals surface area contributed by atoms with E-state index in [-0.39, 0.29) is 10.8 Å². The lowest BCUT2D eigenvalue weighted by molar-refractivity contribution is 0.0938. The van der Waals surface area contributed by atoms with Crippen LogP contribution in [-0.2, 0) is 10.0 Å². The first-order valence-corrected chi connectivity index (χ1v) is 11.1. The maximum atomic E-state index is 12.3. The van der Waals surface area contributed by atoms with Gasteiger partial charge in [-0.25, -0.2) is 8.42 Å². The van der Waals surface area contributed by atoms with E-state index in [4.69, 9.17) is 0 Å². The van der Waals surface area contributed by atoms with Crippen molar-refractivity contribution in [1.29, 1.82) is 0 Å². The molecule has 1 atom stereocenters. The van der Waals surface area contributed by atoms with Gasteiger partial charge in [0.05, 0.1) is 4.90 Å². The summed E-state index contributed by atoms with van der Waals surface area (Å²) in [7, 11) is -3.63. The largest absolute Gasteiger partial charge is 0.351 e. The van der Waals surface area contributed by atoms with Crippen LogP contribution in [-0.4, -0.2) is 44.9 Å². The Morgan fingerprint density at radius 2 is 1.79 bits per heavy atom. The molecule has 1 amide bonds. The van der Waals surface area contributed by atoms with E-state index in [1.807, 2.05) is 0 Å². The third-order valence-electron chi connectivity index (χ3n) is 5.08. The minimum absolute atomic E-state index is 0.151. The Morgan fingerprint density at radius 3 is 2.46 bits per heavy atom. The van der Waals surface area contributed by atoms with Crippen molar-refractivity contribution in [2.24, 2.45) is 0 Å². The van der Waals surface area contributed by atoms with Crippen molar-refractivity contribution >= 4 is 21.6 Å². The fourth-order valence-electron chi connectivity index (χ4n) is 3.41. The lowest BCUT2D eigenvalue weighted by atomic mass is 10.0. The standard InChI is InChI=1S/C21H27N3O3S/c1-17-7-5-6-15-24(17)16-14-22-21(25)18-10-12-19(13-11-18)23-28(26,27)20-8-3-2-4-9-20/h2-4,8-13,17,23H,5-7,14-16H2,1H3,(H,22,25). The lowest BCUT2D eigenvalue weighted by Crippen LogP contribution is -2.42. The monoisotopic (exact) mass is 401 g/mol. The van der Waals surface area contributed by atoms with Crippen LogP contribution in [0.25, 0.3) is 0 Å². The Kier molecular flexibility index (Phi) is 6.70. The number of anilines is 1. The Hall–Kier alpha value is -2.38. The van der Waals surface area contributed by atoms with E-state index in [0.717, 1.165) is 13.1 Å². The van der Waals surface area contributed by atoms with Gasteiger partial charge in [0.2, 0.25) is 0 Å². The number of hydrogen-bond donors (Lipinski definition) is 2. The third kappa shape index (κ3) is 5.33. The van der Waals surface area contributed by atoms with Gasteiger partial charge in [-0.1, -0.05) is 24.6 Å². The number of likely N-dealkylation sites (tertiary alicyclic amines) is 1. The minimum Gasteiger partial charge on any atom is -0.351 e. The zero-order valence-electron chi connectivity index (χ0n) is 16.1. The van der Waals surface area contributed by atoms with Gasteiger partial charge in [-0.15, -0.1) is 0 Å². The fourth-order valence-corrected chi connectivity index (χ4v) is 4.49. The molecular formula is C21H27N3O3S. The Balaban J connectivity index is 1.53. The van der Waals surface area contributed by atoms with Crippen LogP contribution in [0.5, 0.6) is 0 Å². The van der Waals surface area contributed by atoms with E-state index in [1.54, 1.807) is 42.5 Å². The third-order valence-corrected chi connectivity index (χ3v) is 6.48. The molecule has 1 aliphatic heterocycles. The molecule has 0 radical (unpaired) electrons. The molecule has 0 saturated carbocycles. The van der Waals surface area contributed by atoms with E-state index in [9.17, 15) is 13.2 Å². The van der Waals surface area contributed by atoms with Gasteiger partial charge in [0.1, 0.15) is 0 Å². The van der Waals surface area contributed by atoms with E-state index >= 15 is 0 Å². The smallest absolute Gasteiger partial charge is 0.261 e. The number of rotatable bonds is 7. The van der Waals surface area contributed by atoms with Crippen LogP contribution in [0, 0.1) is 0 Å². The number of hydrogen-bond acceptors (Lipinski definition) is 4. The van der Waals surface area contributed by atoms with Crippen LogP contribution in [0.1, 0.15) is 36.5 Å². The van der Waals surface area contributed by atoms with E-state index < -0.39 is 10.0 Å². The summed E-state index contributed by atoms with van der Waals surface area (Å²) in [6.07, 6.45) is 3.72.